The average molecular weight is 473 g/mol. The molecule has 0 aliphatic heterocycles. The number of amides is 1. The first-order valence-corrected chi connectivity index (χ1v) is 9.36. The summed E-state index contributed by atoms with van der Waals surface area (Å²) in [5.74, 6) is -1.83. The van der Waals surface area contributed by atoms with Gasteiger partial charge in [0.25, 0.3) is 0 Å². The number of carboxylic acid groups (broad SMARTS) is 1. The fourth-order valence-electron chi connectivity index (χ4n) is 1.43. The van der Waals surface area contributed by atoms with Crippen molar-refractivity contribution in [3.05, 3.63) is 49.6 Å². The van der Waals surface area contributed by atoms with E-state index in [0.717, 1.165) is 6.08 Å². The van der Waals surface area contributed by atoms with Gasteiger partial charge in [-0.3, -0.25) is 9.59 Å². The van der Waals surface area contributed by atoms with E-state index in [1.807, 2.05) is 0 Å². The van der Waals surface area contributed by atoms with Crippen LogP contribution in [-0.2, 0) is 33.4 Å². The van der Waals surface area contributed by atoms with E-state index < -0.39 is 11.5 Å². The number of methoxy groups -OCH3 is 1. The molecule has 0 aromatic carbocycles. The maximum Gasteiger partial charge on any atom is 0.332 e. The zero-order chi connectivity index (χ0) is 26.5. The Labute approximate surface area is 197 Å². The molecule has 0 unspecified atom stereocenters. The lowest BCUT2D eigenvalue weighted by molar-refractivity contribution is -0.137. The number of hydrogen-bond donors (Lipinski definition) is 3. The van der Waals surface area contributed by atoms with Gasteiger partial charge in [-0.2, -0.15) is 0 Å². The number of nitrogens with one attached hydrogen (secondary N) is 1. The van der Waals surface area contributed by atoms with Gasteiger partial charge in [-0.1, -0.05) is 26.3 Å². The highest BCUT2D eigenvalue weighted by Crippen LogP contribution is 2.08. The van der Waals surface area contributed by atoms with Crippen LogP contribution < -0.4 is 11.5 Å². The van der Waals surface area contributed by atoms with Crippen LogP contribution in [0.4, 0.5) is 0 Å². The Morgan fingerprint density at radius 2 is 1.39 bits per heavy atom. The topological polar surface area (TPSA) is 171 Å². The third kappa shape index (κ3) is 36.2. The molecule has 190 valence electrons. The van der Waals surface area contributed by atoms with Crippen LogP contribution in [0.25, 0.3) is 0 Å². The van der Waals surface area contributed by atoms with E-state index in [-0.39, 0.29) is 35.4 Å². The van der Waals surface area contributed by atoms with Gasteiger partial charge in [-0.15, -0.1) is 0 Å². The zero-order valence-electron chi connectivity index (χ0n) is 20.9. The van der Waals surface area contributed by atoms with E-state index in [4.69, 9.17) is 5.11 Å². The summed E-state index contributed by atoms with van der Waals surface area (Å²) in [6, 6.07) is 0. The summed E-state index contributed by atoms with van der Waals surface area (Å²) in [4.78, 5) is 51.5. The lowest BCUT2D eigenvalue weighted by Gasteiger charge is -2.23. The number of hydrogen-bond acceptors (Lipinski definition) is 8. The molecule has 0 spiro atoms. The molecule has 0 aliphatic carbocycles. The van der Waals surface area contributed by atoms with Gasteiger partial charge in [0.15, 0.2) is 0 Å². The van der Waals surface area contributed by atoms with Gasteiger partial charge in [0.1, 0.15) is 5.78 Å². The van der Waals surface area contributed by atoms with E-state index in [0.29, 0.717) is 18.6 Å². The summed E-state index contributed by atoms with van der Waals surface area (Å²) >= 11 is 0. The molecule has 0 heterocycles. The summed E-state index contributed by atoms with van der Waals surface area (Å²) in [7, 11) is 1.33. The van der Waals surface area contributed by atoms with Crippen LogP contribution in [0.3, 0.4) is 0 Å². The van der Waals surface area contributed by atoms with Gasteiger partial charge in [0, 0.05) is 29.2 Å². The fraction of sp³-hybridized carbons (Fsp3) is 0.435. The quantitative estimate of drug-likeness (QED) is 0.354. The minimum atomic E-state index is -0.935. The minimum Gasteiger partial charge on any atom is -0.478 e. The molecule has 0 aliphatic rings. The molecule has 0 bridgehead atoms. The second kappa shape index (κ2) is 23.1. The second-order valence-corrected chi connectivity index (χ2v) is 6.77. The third-order valence-electron chi connectivity index (χ3n) is 2.69. The first-order chi connectivity index (χ1) is 14.5. The minimum absolute atomic E-state index is 0. The number of esters is 2. The standard InChI is InChI=1S/C9H15NO2.2C5H8O2.C4H6O2.H3N/c1-5-8(12)10-9(3,4)6-7(2)11;1-4(2)5(6)7-3;1-3-5(6)7-4-2;1-3(2)4(5)6;/h5H,1,6H2,2-4H3,(H,10,12);1H2,2-3H3;3H,1,4H2,2H3;1H2,2H3,(H,5,6);1H3. The molecule has 10 nitrogen and oxygen atoms in total. The highest BCUT2D eigenvalue weighted by atomic mass is 16.5. The van der Waals surface area contributed by atoms with Crippen molar-refractivity contribution < 1.29 is 38.6 Å². The molecule has 5 N–H and O–H groups in total. The largest absolute Gasteiger partial charge is 0.478 e. The van der Waals surface area contributed by atoms with Crippen LogP contribution >= 0.6 is 0 Å². The summed E-state index contributed by atoms with van der Waals surface area (Å²) in [5.41, 5.74) is 0.134. The predicted molar refractivity (Wildman–Crippen MR) is 129 cm³/mol. The SMILES string of the molecule is C=C(C)C(=O)O.C=C(C)C(=O)OC.C=CC(=O)NC(C)(C)CC(C)=O.C=CC(=O)OCC.N. The number of carbonyl (C=O) groups excluding carboxylic acids is 4. The molecule has 1 amide bonds. The fourth-order valence-corrected chi connectivity index (χ4v) is 1.43. The molecule has 0 aromatic heterocycles. The zero-order valence-corrected chi connectivity index (χ0v) is 20.9. The maximum absolute atomic E-state index is 10.9. The van der Waals surface area contributed by atoms with Crippen LogP contribution in [-0.4, -0.2) is 54.0 Å². The number of ketones is 1. The van der Waals surface area contributed by atoms with Gasteiger partial charge >= 0.3 is 17.9 Å². The van der Waals surface area contributed by atoms with Crippen LogP contribution in [0.1, 0.15) is 48.0 Å². The highest BCUT2D eigenvalue weighted by Gasteiger charge is 2.20. The number of Topliss-reactive ketones (excluding diaryl/α,β-unsaturated/α-hetero) is 1. The number of aliphatic carboxylic acids is 1. The number of carboxylic acids is 1. The van der Waals surface area contributed by atoms with Crippen LogP contribution in [0.15, 0.2) is 49.6 Å². The molecule has 0 fully saturated rings. The van der Waals surface area contributed by atoms with Gasteiger partial charge in [0.2, 0.25) is 5.91 Å². The Balaban J connectivity index is -0.000000109. The van der Waals surface area contributed by atoms with Crippen LogP contribution in [0, 0.1) is 0 Å². The van der Waals surface area contributed by atoms with Crippen molar-refractivity contribution in [3.63, 3.8) is 0 Å². The molecular weight excluding hydrogens is 432 g/mol. The molecule has 0 radical (unpaired) electrons. The summed E-state index contributed by atoms with van der Waals surface area (Å²) in [6.07, 6.45) is 2.68. The molecule has 0 saturated carbocycles. The second-order valence-electron chi connectivity index (χ2n) is 6.77. The van der Waals surface area contributed by atoms with E-state index in [1.54, 1.807) is 27.7 Å². The van der Waals surface area contributed by atoms with E-state index >= 15 is 0 Å². The van der Waals surface area contributed by atoms with Crippen molar-refractivity contribution in [3.8, 4) is 0 Å². The van der Waals surface area contributed by atoms with Crippen molar-refractivity contribution >= 4 is 29.6 Å². The predicted octanol–water partition coefficient (Wildman–Crippen LogP) is 3.33. The molecule has 0 rings (SSSR count). The van der Waals surface area contributed by atoms with E-state index in [9.17, 15) is 24.0 Å². The van der Waals surface area contributed by atoms with Gasteiger partial charge in [-0.25, -0.2) is 14.4 Å². The van der Waals surface area contributed by atoms with E-state index in [2.05, 4.69) is 41.1 Å². The summed E-state index contributed by atoms with van der Waals surface area (Å²) in [5, 5.41) is 10.6. The Kier molecular flexibility index (Phi) is 28.0. The molecule has 0 atom stereocenters. The van der Waals surface area contributed by atoms with Gasteiger partial charge in [-0.05, 0) is 47.6 Å². The molecule has 0 aromatic rings. The van der Waals surface area contributed by atoms with E-state index in [1.165, 1.54) is 27.0 Å². The normalized spacial score (nSPS) is 8.45. The van der Waals surface area contributed by atoms with Gasteiger partial charge in [0.05, 0.1) is 13.7 Å². The van der Waals surface area contributed by atoms with Crippen molar-refractivity contribution in [1.82, 2.24) is 11.5 Å². The van der Waals surface area contributed by atoms with Crippen LogP contribution in [0.2, 0.25) is 0 Å². The maximum atomic E-state index is 10.9. The van der Waals surface area contributed by atoms with Crippen LogP contribution in [0.5, 0.6) is 0 Å². The van der Waals surface area contributed by atoms with Crippen molar-refractivity contribution in [1.29, 1.82) is 0 Å². The molecule has 33 heavy (non-hydrogen) atoms. The van der Waals surface area contributed by atoms with Crippen molar-refractivity contribution in [2.45, 2.75) is 53.5 Å². The number of ether oxygens (including phenoxy) is 2. The highest BCUT2D eigenvalue weighted by molar-refractivity contribution is 5.88. The Morgan fingerprint density at radius 1 is 0.970 bits per heavy atom. The van der Waals surface area contributed by atoms with Crippen molar-refractivity contribution in [2.75, 3.05) is 13.7 Å². The Morgan fingerprint density at radius 3 is 1.55 bits per heavy atom. The summed E-state index contributed by atoms with van der Waals surface area (Å²) in [6.45, 7) is 23.4. The number of carbonyl (C=O) groups is 5. The monoisotopic (exact) mass is 472 g/mol. The Bertz CT molecular complexity index is 681. The lowest BCUT2D eigenvalue weighted by atomic mass is 9.98. The first-order valence-electron chi connectivity index (χ1n) is 9.36. The molecule has 0 saturated heterocycles. The third-order valence-corrected chi connectivity index (χ3v) is 2.69. The average Bonchev–Trinajstić information content (AvgIpc) is 2.67. The lowest BCUT2D eigenvalue weighted by Crippen LogP contribution is -2.43. The van der Waals surface area contributed by atoms with Gasteiger partial charge < -0.3 is 26.0 Å². The smallest absolute Gasteiger partial charge is 0.332 e. The molecular formula is C23H40N2O8. The molecule has 10 heteroatoms. The Hall–Kier alpha value is -3.53. The summed E-state index contributed by atoms with van der Waals surface area (Å²) < 4.78 is 8.71. The number of rotatable bonds is 8. The first kappa shape index (κ1) is 39.9. The van der Waals surface area contributed by atoms with Crippen molar-refractivity contribution in [2.24, 2.45) is 0 Å².